The fourth-order valence-corrected chi connectivity index (χ4v) is 6.69. The Balaban J connectivity index is 1.62. The number of nitrogens with zero attached hydrogens (tertiary/aromatic N) is 4. The minimum atomic E-state index is -4.11. The molecule has 1 amide bonds. The van der Waals surface area contributed by atoms with E-state index >= 15 is 0 Å². The van der Waals surface area contributed by atoms with Crippen molar-refractivity contribution in [3.8, 4) is 11.6 Å². The summed E-state index contributed by atoms with van der Waals surface area (Å²) < 4.78 is 43.6. The Labute approximate surface area is 258 Å². The zero-order valence-corrected chi connectivity index (χ0v) is 27.7. The van der Waals surface area contributed by atoms with Gasteiger partial charge in [-0.25, -0.2) is 9.55 Å². The second-order valence-corrected chi connectivity index (χ2v) is 14.1. The zero-order chi connectivity index (χ0) is 32.3. The van der Waals surface area contributed by atoms with Crippen molar-refractivity contribution < 1.29 is 37.2 Å². The summed E-state index contributed by atoms with van der Waals surface area (Å²) in [5.74, 6) is -0.908. The van der Waals surface area contributed by atoms with Crippen LogP contribution in [0.25, 0.3) is 10.9 Å². The molecule has 3 heterocycles. The van der Waals surface area contributed by atoms with Crippen LogP contribution in [0.5, 0.6) is 11.6 Å². The Morgan fingerprint density at radius 3 is 2.07 bits per heavy atom. The Bertz CT molecular complexity index is 1500. The van der Waals surface area contributed by atoms with E-state index < -0.39 is 30.7 Å². The van der Waals surface area contributed by atoms with Gasteiger partial charge in [-0.2, -0.15) is 0 Å². The van der Waals surface area contributed by atoms with Crippen LogP contribution in [0.4, 0.5) is 0 Å². The van der Waals surface area contributed by atoms with E-state index in [0.717, 1.165) is 6.54 Å². The van der Waals surface area contributed by atoms with Gasteiger partial charge >= 0.3 is 7.82 Å². The molecule has 240 valence electrons. The molecule has 12 nitrogen and oxygen atoms in total. The minimum absolute atomic E-state index is 0.0844. The highest BCUT2D eigenvalue weighted by Crippen LogP contribution is 2.56. The molecule has 2 aromatic heterocycles. The smallest absolute Gasteiger partial charge is 0.477 e. The molecule has 0 N–H and O–H groups in total. The first-order chi connectivity index (χ1) is 20.6. The van der Waals surface area contributed by atoms with E-state index in [1.165, 1.54) is 36.7 Å². The molecule has 3 aromatic rings. The van der Waals surface area contributed by atoms with Crippen molar-refractivity contribution in [3.63, 3.8) is 0 Å². The van der Waals surface area contributed by atoms with E-state index in [1.807, 2.05) is 18.2 Å². The molecule has 0 saturated carbocycles. The van der Waals surface area contributed by atoms with Gasteiger partial charge in [0.2, 0.25) is 5.88 Å². The number of ether oxygens (including phenoxy) is 2. The van der Waals surface area contributed by atoms with Gasteiger partial charge < -0.3 is 18.9 Å². The van der Waals surface area contributed by atoms with Crippen molar-refractivity contribution in [2.75, 3.05) is 40.4 Å². The molecule has 0 bridgehead atoms. The van der Waals surface area contributed by atoms with E-state index in [0.29, 0.717) is 37.1 Å². The Morgan fingerprint density at radius 2 is 1.52 bits per heavy atom. The van der Waals surface area contributed by atoms with Gasteiger partial charge in [-0.05, 0) is 47.1 Å². The first-order valence-corrected chi connectivity index (χ1v) is 15.9. The minimum Gasteiger partial charge on any atom is -0.494 e. The van der Waals surface area contributed by atoms with E-state index in [9.17, 15) is 14.2 Å². The number of piperazine rings is 1. The quantitative estimate of drug-likeness (QED) is 0.157. The highest BCUT2D eigenvalue weighted by molar-refractivity contribution is 7.48. The number of benzene rings is 1. The van der Waals surface area contributed by atoms with Gasteiger partial charge in [-0.3, -0.25) is 28.1 Å². The van der Waals surface area contributed by atoms with Crippen LogP contribution in [-0.4, -0.2) is 82.6 Å². The number of fused-ring (bicyclic) bond motifs is 1. The fraction of sp³-hybridized carbons (Fsp3) is 0.516. The lowest BCUT2D eigenvalue weighted by Gasteiger charge is -2.34. The maximum absolute atomic E-state index is 13.8. The summed E-state index contributed by atoms with van der Waals surface area (Å²) in [5, 5.41) is 0.326. The molecule has 0 radical (unpaired) electrons. The van der Waals surface area contributed by atoms with Crippen molar-refractivity contribution in [1.82, 2.24) is 19.4 Å². The molecule has 44 heavy (non-hydrogen) atoms. The Morgan fingerprint density at radius 1 is 0.909 bits per heavy atom. The molecule has 13 heteroatoms. The predicted octanol–water partition coefficient (Wildman–Crippen LogP) is 5.29. The Hall–Kier alpha value is -3.28. The number of hydrogen-bond donors (Lipinski definition) is 0. The lowest BCUT2D eigenvalue weighted by Crippen LogP contribution is -2.50. The Kier molecular flexibility index (Phi) is 10.2. The third-order valence-corrected chi connectivity index (χ3v) is 8.69. The number of Topliss-reactive ketones (excluding diaryl/α,β-unsaturated/α-hetero) is 1. The zero-order valence-electron chi connectivity index (χ0n) is 26.8. The molecule has 0 spiro atoms. The lowest BCUT2D eigenvalue weighted by atomic mass is 10.1. The summed E-state index contributed by atoms with van der Waals surface area (Å²) in [4.78, 5) is 35.5. The van der Waals surface area contributed by atoms with Gasteiger partial charge in [-0.1, -0.05) is 30.3 Å². The summed E-state index contributed by atoms with van der Waals surface area (Å²) in [6.07, 6.45) is 2.88. The van der Waals surface area contributed by atoms with Gasteiger partial charge in [0.05, 0.1) is 42.6 Å². The molecular weight excluding hydrogens is 587 g/mol. The average molecular weight is 631 g/mol. The molecule has 4 rings (SSSR count). The number of phosphoric acid groups is 1. The molecule has 0 unspecified atom stereocenters. The summed E-state index contributed by atoms with van der Waals surface area (Å²) in [7, 11) is -1.23. The first kappa shape index (κ1) is 33.6. The molecule has 1 aromatic carbocycles. The topological polar surface area (TPSA) is 122 Å². The number of carbonyl (C=O) groups is 2. The monoisotopic (exact) mass is 630 g/mol. The number of hydrogen-bond acceptors (Lipinski definition) is 10. The number of carbonyl (C=O) groups excluding carboxylic acids is 2. The van der Waals surface area contributed by atoms with Gasteiger partial charge in [0.25, 0.3) is 11.7 Å². The van der Waals surface area contributed by atoms with Crippen LogP contribution in [0, 0.1) is 0 Å². The van der Waals surface area contributed by atoms with Crippen molar-refractivity contribution in [2.45, 2.75) is 66.0 Å². The number of ketones is 1. The summed E-state index contributed by atoms with van der Waals surface area (Å²) in [6.45, 7) is 13.0. The summed E-state index contributed by atoms with van der Waals surface area (Å²) in [5.41, 5.74) is -0.0882. The molecule has 1 aliphatic rings. The number of aromatic nitrogens is 2. The SMILES string of the molecule is COc1cnc(OC)c2c1c(C(=O)C(=O)N1CCN(Cc3ccccc3)CC1)cn2COP(=O)(OC(C)(C)C)OC(C)(C)C. The highest BCUT2D eigenvalue weighted by Gasteiger charge is 2.38. The largest absolute Gasteiger partial charge is 0.494 e. The van der Waals surface area contributed by atoms with E-state index in [4.69, 9.17) is 23.0 Å². The second-order valence-electron chi connectivity index (χ2n) is 12.6. The maximum atomic E-state index is 13.8. The second kappa shape index (κ2) is 13.4. The third-order valence-electron chi connectivity index (χ3n) is 6.71. The lowest BCUT2D eigenvalue weighted by molar-refractivity contribution is -0.128. The highest BCUT2D eigenvalue weighted by atomic mass is 31.2. The normalized spacial score (nSPS) is 15.0. The van der Waals surface area contributed by atoms with Crippen LogP contribution in [0.1, 0.15) is 57.5 Å². The number of pyridine rings is 1. The van der Waals surface area contributed by atoms with Crippen molar-refractivity contribution in [1.29, 1.82) is 0 Å². The first-order valence-electron chi connectivity index (χ1n) is 14.5. The van der Waals surface area contributed by atoms with Crippen molar-refractivity contribution in [2.24, 2.45) is 0 Å². The number of methoxy groups -OCH3 is 2. The predicted molar refractivity (Wildman–Crippen MR) is 166 cm³/mol. The molecular formula is C31H43N4O8P. The maximum Gasteiger partial charge on any atom is 0.477 e. The average Bonchev–Trinajstić information content (AvgIpc) is 3.34. The van der Waals surface area contributed by atoms with Crippen molar-refractivity contribution >= 4 is 30.4 Å². The molecule has 0 atom stereocenters. The van der Waals surface area contributed by atoms with Crippen LogP contribution < -0.4 is 9.47 Å². The van der Waals surface area contributed by atoms with Crippen LogP contribution in [-0.2, 0) is 36.2 Å². The number of amides is 1. The number of rotatable bonds is 11. The molecule has 0 aliphatic carbocycles. The summed E-state index contributed by atoms with van der Waals surface area (Å²) >= 11 is 0. The van der Waals surface area contributed by atoms with Crippen LogP contribution in [0.2, 0.25) is 0 Å². The molecule has 1 aliphatic heterocycles. The van der Waals surface area contributed by atoms with Crippen LogP contribution >= 0.6 is 7.82 Å². The summed E-state index contributed by atoms with van der Waals surface area (Å²) in [6, 6.07) is 10.1. The van der Waals surface area contributed by atoms with Crippen molar-refractivity contribution in [3.05, 3.63) is 53.9 Å². The number of phosphoric ester groups is 1. The fourth-order valence-electron chi connectivity index (χ4n) is 4.94. The van der Waals surface area contributed by atoms with Gasteiger partial charge in [-0.15, -0.1) is 0 Å². The van der Waals surface area contributed by atoms with Crippen LogP contribution in [0.3, 0.4) is 0 Å². The third kappa shape index (κ3) is 8.25. The van der Waals surface area contributed by atoms with Gasteiger partial charge in [0.1, 0.15) is 18.0 Å². The molecule has 1 saturated heterocycles. The standard InChI is InChI=1S/C31H43N4O8P/c1-30(2,3)42-44(38,43-31(4,5)6)41-21-35-20-23(25-24(39-7)18-32-28(40-8)26(25)35)27(36)29(37)34-16-14-33(15-17-34)19-22-12-10-9-11-13-22/h9-13,18,20H,14-17,19,21H2,1-8H3. The van der Waals surface area contributed by atoms with Crippen LogP contribution in [0.15, 0.2) is 42.7 Å². The van der Waals surface area contributed by atoms with E-state index in [1.54, 1.807) is 46.4 Å². The van der Waals surface area contributed by atoms with Gasteiger partial charge in [0.15, 0.2) is 0 Å². The van der Waals surface area contributed by atoms with Gasteiger partial charge in [0, 0.05) is 38.9 Å². The van der Waals surface area contributed by atoms with E-state index in [-0.39, 0.29) is 23.9 Å². The van der Waals surface area contributed by atoms with E-state index in [2.05, 4.69) is 22.0 Å². The molecule has 1 fully saturated rings.